The average molecular weight is 449 g/mol. The molecule has 1 aliphatic carbocycles. The van der Waals surface area contributed by atoms with Gasteiger partial charge in [-0.05, 0) is 43.4 Å². The molecule has 180 valence electrons. The number of carbonyl (C=O) groups is 1. The van der Waals surface area contributed by atoms with Gasteiger partial charge < -0.3 is 24.6 Å². The van der Waals surface area contributed by atoms with E-state index in [2.05, 4.69) is 17.1 Å². The number of amides is 1. The average Bonchev–Trinajstić information content (AvgIpc) is 2.80. The van der Waals surface area contributed by atoms with Crippen LogP contribution in [0.1, 0.15) is 69.9 Å². The number of aliphatic hydroxyl groups is 1. The predicted octanol–water partition coefficient (Wildman–Crippen LogP) is 3.69. The van der Waals surface area contributed by atoms with Crippen molar-refractivity contribution in [2.45, 2.75) is 69.9 Å². The molecule has 1 saturated carbocycles. The normalized spacial score (nSPS) is 25.7. The van der Waals surface area contributed by atoms with Crippen molar-refractivity contribution in [1.82, 2.24) is 10.2 Å². The molecule has 3 rings (SSSR count). The van der Waals surface area contributed by atoms with Crippen molar-refractivity contribution in [3.05, 3.63) is 17.7 Å². The first-order valence-corrected chi connectivity index (χ1v) is 12.0. The van der Waals surface area contributed by atoms with Gasteiger partial charge in [0.2, 0.25) is 11.7 Å². The second kappa shape index (κ2) is 11.2. The number of nitrogens with one attached hydrogen (secondary N) is 1. The lowest BCUT2D eigenvalue weighted by Crippen LogP contribution is -2.56. The Morgan fingerprint density at radius 2 is 1.84 bits per heavy atom. The molecule has 7 nitrogen and oxygen atoms in total. The Kier molecular flexibility index (Phi) is 8.65. The Labute approximate surface area is 192 Å². The van der Waals surface area contributed by atoms with Crippen molar-refractivity contribution in [3.8, 4) is 17.2 Å². The van der Waals surface area contributed by atoms with Crippen LogP contribution in [0.4, 0.5) is 0 Å². The summed E-state index contributed by atoms with van der Waals surface area (Å²) in [4.78, 5) is 15.0. The third-order valence-corrected chi connectivity index (χ3v) is 7.15. The van der Waals surface area contributed by atoms with Gasteiger partial charge in [-0.3, -0.25) is 9.69 Å². The number of ether oxygens (including phenoxy) is 3. The number of nitrogens with zero attached hydrogens (tertiary/aromatic N) is 1. The zero-order chi connectivity index (χ0) is 23.1. The maximum Gasteiger partial charge on any atom is 0.234 e. The summed E-state index contributed by atoms with van der Waals surface area (Å²) in [6, 6.07) is 3.85. The molecule has 2 aliphatic rings. The Balaban J connectivity index is 1.91. The zero-order valence-electron chi connectivity index (χ0n) is 20.1. The predicted molar refractivity (Wildman–Crippen MR) is 124 cm³/mol. The largest absolute Gasteiger partial charge is 0.493 e. The van der Waals surface area contributed by atoms with Crippen LogP contribution in [0.25, 0.3) is 0 Å². The van der Waals surface area contributed by atoms with Crippen LogP contribution in [0.3, 0.4) is 0 Å². The molecule has 2 fully saturated rings. The van der Waals surface area contributed by atoms with Crippen molar-refractivity contribution in [2.24, 2.45) is 5.92 Å². The number of carbonyl (C=O) groups excluding carboxylic acids is 1. The summed E-state index contributed by atoms with van der Waals surface area (Å²) in [6.45, 7) is 3.86. The SMILES string of the molecule is CCCCCNC(=O)CN1CC[C@]2(O)CCCC[C@@H]2[C@@H]1c1cc(OC)c(OC)c(OC)c1. The van der Waals surface area contributed by atoms with Gasteiger partial charge in [0.15, 0.2) is 11.5 Å². The minimum atomic E-state index is -0.697. The molecule has 0 bridgehead atoms. The molecular formula is C25H40N2O5. The molecule has 0 radical (unpaired) electrons. The number of methoxy groups -OCH3 is 3. The molecule has 0 aromatic heterocycles. The van der Waals surface area contributed by atoms with Crippen molar-refractivity contribution >= 4 is 5.91 Å². The highest BCUT2D eigenvalue weighted by Gasteiger charge is 2.49. The van der Waals surface area contributed by atoms with Crippen LogP contribution < -0.4 is 19.5 Å². The van der Waals surface area contributed by atoms with E-state index in [0.29, 0.717) is 43.3 Å². The molecule has 1 aromatic carbocycles. The fourth-order valence-electron chi connectivity index (χ4n) is 5.48. The van der Waals surface area contributed by atoms with Crippen molar-refractivity contribution < 1.29 is 24.1 Å². The van der Waals surface area contributed by atoms with Gasteiger partial charge in [0.05, 0.1) is 33.5 Å². The lowest BCUT2D eigenvalue weighted by molar-refractivity contribution is -0.137. The van der Waals surface area contributed by atoms with E-state index in [4.69, 9.17) is 14.2 Å². The van der Waals surface area contributed by atoms with Gasteiger partial charge in [0.1, 0.15) is 0 Å². The molecule has 2 N–H and O–H groups in total. The number of piperidine rings is 1. The summed E-state index contributed by atoms with van der Waals surface area (Å²) in [5.74, 6) is 1.83. The maximum absolute atomic E-state index is 12.8. The highest BCUT2D eigenvalue weighted by Crippen LogP contribution is 2.51. The summed E-state index contributed by atoms with van der Waals surface area (Å²) in [5, 5.41) is 14.6. The molecule has 1 heterocycles. The Bertz CT molecular complexity index is 746. The van der Waals surface area contributed by atoms with E-state index in [0.717, 1.165) is 50.5 Å². The Hall–Kier alpha value is -1.99. The summed E-state index contributed by atoms with van der Waals surface area (Å²) in [7, 11) is 4.82. The molecule has 1 amide bonds. The second-order valence-electron chi connectivity index (χ2n) is 9.14. The Morgan fingerprint density at radius 1 is 1.12 bits per heavy atom. The van der Waals surface area contributed by atoms with Crippen LogP contribution in [0.15, 0.2) is 12.1 Å². The van der Waals surface area contributed by atoms with Crippen LogP contribution in [0, 0.1) is 5.92 Å². The van der Waals surface area contributed by atoms with Crippen LogP contribution in [0.2, 0.25) is 0 Å². The lowest BCUT2D eigenvalue weighted by atomic mass is 9.66. The summed E-state index contributed by atoms with van der Waals surface area (Å²) < 4.78 is 16.7. The smallest absolute Gasteiger partial charge is 0.234 e. The van der Waals surface area contributed by atoms with Gasteiger partial charge in [-0.15, -0.1) is 0 Å². The number of rotatable bonds is 10. The Morgan fingerprint density at radius 3 is 2.47 bits per heavy atom. The first-order valence-electron chi connectivity index (χ1n) is 12.0. The number of benzene rings is 1. The monoisotopic (exact) mass is 448 g/mol. The van der Waals surface area contributed by atoms with Crippen molar-refractivity contribution in [2.75, 3.05) is 41.0 Å². The molecule has 1 aliphatic heterocycles. The van der Waals surface area contributed by atoms with Gasteiger partial charge in [-0.1, -0.05) is 32.6 Å². The molecule has 0 unspecified atom stereocenters. The molecular weight excluding hydrogens is 408 g/mol. The highest BCUT2D eigenvalue weighted by molar-refractivity contribution is 5.78. The number of hydrogen-bond acceptors (Lipinski definition) is 6. The second-order valence-corrected chi connectivity index (χ2v) is 9.14. The van der Waals surface area contributed by atoms with E-state index in [9.17, 15) is 9.90 Å². The molecule has 0 spiro atoms. The van der Waals surface area contributed by atoms with Crippen molar-refractivity contribution in [1.29, 1.82) is 0 Å². The highest BCUT2D eigenvalue weighted by atomic mass is 16.5. The number of hydrogen-bond donors (Lipinski definition) is 2. The first kappa shape index (κ1) is 24.6. The fraction of sp³-hybridized carbons (Fsp3) is 0.720. The molecule has 1 saturated heterocycles. The van der Waals surface area contributed by atoms with E-state index >= 15 is 0 Å². The van der Waals surface area contributed by atoms with Gasteiger partial charge in [-0.2, -0.15) is 0 Å². The first-order chi connectivity index (χ1) is 15.5. The van der Waals surface area contributed by atoms with Gasteiger partial charge >= 0.3 is 0 Å². The molecule has 1 aromatic rings. The van der Waals surface area contributed by atoms with E-state index in [1.807, 2.05) is 12.1 Å². The van der Waals surface area contributed by atoms with E-state index in [1.54, 1.807) is 21.3 Å². The van der Waals surface area contributed by atoms with Gasteiger partial charge in [0, 0.05) is 25.0 Å². The topological polar surface area (TPSA) is 80.3 Å². The third kappa shape index (κ3) is 5.31. The van der Waals surface area contributed by atoms with E-state index in [-0.39, 0.29) is 17.9 Å². The minimum absolute atomic E-state index is 0.0415. The number of likely N-dealkylation sites (tertiary alicyclic amines) is 1. The van der Waals surface area contributed by atoms with Crippen LogP contribution >= 0.6 is 0 Å². The summed E-state index contributed by atoms with van der Waals surface area (Å²) >= 11 is 0. The maximum atomic E-state index is 12.8. The quantitative estimate of drug-likeness (QED) is 0.532. The van der Waals surface area contributed by atoms with Crippen LogP contribution in [-0.4, -0.2) is 62.5 Å². The van der Waals surface area contributed by atoms with E-state index in [1.165, 1.54) is 0 Å². The van der Waals surface area contributed by atoms with Crippen molar-refractivity contribution in [3.63, 3.8) is 0 Å². The van der Waals surface area contributed by atoms with Gasteiger partial charge in [-0.25, -0.2) is 0 Å². The van der Waals surface area contributed by atoms with Gasteiger partial charge in [0.25, 0.3) is 0 Å². The minimum Gasteiger partial charge on any atom is -0.493 e. The third-order valence-electron chi connectivity index (χ3n) is 7.15. The summed E-state index contributed by atoms with van der Waals surface area (Å²) in [6.07, 6.45) is 7.83. The molecule has 7 heteroatoms. The fourth-order valence-corrected chi connectivity index (χ4v) is 5.48. The van der Waals surface area contributed by atoms with Crippen LogP contribution in [-0.2, 0) is 4.79 Å². The molecule has 32 heavy (non-hydrogen) atoms. The number of unbranched alkanes of at least 4 members (excludes halogenated alkanes) is 2. The van der Waals surface area contributed by atoms with Crippen LogP contribution in [0.5, 0.6) is 17.2 Å². The molecule has 3 atom stereocenters. The summed E-state index contributed by atoms with van der Waals surface area (Å²) in [5.41, 5.74) is 0.292. The number of fused-ring (bicyclic) bond motifs is 1. The zero-order valence-corrected chi connectivity index (χ0v) is 20.1. The lowest BCUT2D eigenvalue weighted by Gasteiger charge is -2.52. The standard InChI is InChI=1S/C25H40N2O5/c1-5-6-9-13-26-22(28)17-27-14-12-25(29)11-8-7-10-19(25)23(27)18-15-20(30-2)24(32-4)21(16-18)31-3/h15-16,19,23,29H,5-14,17H2,1-4H3,(H,26,28)/t19-,23+,25-/m1/s1. The van der Waals surface area contributed by atoms with E-state index < -0.39 is 5.60 Å².